The van der Waals surface area contributed by atoms with Gasteiger partial charge in [-0.05, 0) is 17.0 Å². The smallest absolute Gasteiger partial charge is 0.268 e. The minimum absolute atomic E-state index is 0.0483. The van der Waals surface area contributed by atoms with Crippen molar-refractivity contribution in [2.45, 2.75) is 12.6 Å². The van der Waals surface area contributed by atoms with Crippen LogP contribution in [-0.4, -0.2) is 34.6 Å². The van der Waals surface area contributed by atoms with Crippen LogP contribution in [-0.2, 0) is 11.3 Å². The largest absolute Gasteiger partial charge is 0.371 e. The topological polar surface area (TPSA) is 58.2 Å². The van der Waals surface area contributed by atoms with Crippen LogP contribution in [0.25, 0.3) is 10.2 Å². The van der Waals surface area contributed by atoms with Crippen molar-refractivity contribution in [2.75, 3.05) is 19.7 Å². The van der Waals surface area contributed by atoms with E-state index in [0.717, 1.165) is 24.4 Å². The Morgan fingerprint density at radius 1 is 1.30 bits per heavy atom. The average Bonchev–Trinajstić information content (AvgIpc) is 3.05. The standard InChI is InChI=1S/C17H17N3O2S/c21-17-16-13(6-9-23-16)18-15(19-17)11-20-7-8-22-14(10-20)12-4-2-1-3-5-12/h1-6,9,14H,7-8,10-11H2,(H,18,19,21). The maximum absolute atomic E-state index is 12.1. The number of morpholine rings is 1. The molecular formula is C17H17N3O2S. The lowest BCUT2D eigenvalue weighted by atomic mass is 10.1. The summed E-state index contributed by atoms with van der Waals surface area (Å²) in [4.78, 5) is 21.8. The second kappa shape index (κ2) is 6.23. The third kappa shape index (κ3) is 3.06. The van der Waals surface area contributed by atoms with Gasteiger partial charge in [0.2, 0.25) is 0 Å². The highest BCUT2D eigenvalue weighted by atomic mass is 32.1. The van der Waals surface area contributed by atoms with E-state index in [1.165, 1.54) is 16.9 Å². The molecule has 0 bridgehead atoms. The molecule has 0 amide bonds. The maximum atomic E-state index is 12.1. The second-order valence-electron chi connectivity index (χ2n) is 5.65. The molecule has 1 unspecified atom stereocenters. The highest BCUT2D eigenvalue weighted by Crippen LogP contribution is 2.22. The lowest BCUT2D eigenvalue weighted by Gasteiger charge is -2.32. The number of hydrogen-bond donors (Lipinski definition) is 1. The van der Waals surface area contributed by atoms with Gasteiger partial charge in [0.05, 0.1) is 24.8 Å². The summed E-state index contributed by atoms with van der Waals surface area (Å²) in [5.74, 6) is 0.717. The number of hydrogen-bond acceptors (Lipinski definition) is 5. The highest BCUT2D eigenvalue weighted by molar-refractivity contribution is 7.17. The second-order valence-corrected chi connectivity index (χ2v) is 6.57. The molecule has 1 fully saturated rings. The van der Waals surface area contributed by atoms with Crippen molar-refractivity contribution in [1.29, 1.82) is 0 Å². The highest BCUT2D eigenvalue weighted by Gasteiger charge is 2.22. The molecule has 2 aromatic heterocycles. The summed E-state index contributed by atoms with van der Waals surface area (Å²) in [6.07, 6.45) is 0.0709. The fraction of sp³-hybridized carbons (Fsp3) is 0.294. The molecular weight excluding hydrogens is 310 g/mol. The first kappa shape index (κ1) is 14.6. The average molecular weight is 327 g/mol. The van der Waals surface area contributed by atoms with E-state index in [2.05, 4.69) is 27.0 Å². The predicted octanol–water partition coefficient (Wildman–Crippen LogP) is 2.56. The number of aromatic amines is 1. The molecule has 1 aromatic carbocycles. The monoisotopic (exact) mass is 327 g/mol. The minimum Gasteiger partial charge on any atom is -0.371 e. The summed E-state index contributed by atoms with van der Waals surface area (Å²) >= 11 is 1.43. The van der Waals surface area contributed by atoms with Gasteiger partial charge < -0.3 is 9.72 Å². The number of aromatic nitrogens is 2. The molecule has 0 spiro atoms. The molecule has 3 aromatic rings. The fourth-order valence-electron chi connectivity index (χ4n) is 2.92. The van der Waals surface area contributed by atoms with Crippen molar-refractivity contribution in [3.05, 3.63) is 63.5 Å². The van der Waals surface area contributed by atoms with Crippen LogP contribution in [0.3, 0.4) is 0 Å². The summed E-state index contributed by atoms with van der Waals surface area (Å²) in [7, 11) is 0. The van der Waals surface area contributed by atoms with Gasteiger partial charge in [-0.1, -0.05) is 30.3 Å². The van der Waals surface area contributed by atoms with Gasteiger partial charge >= 0.3 is 0 Å². The van der Waals surface area contributed by atoms with Crippen molar-refractivity contribution in [3.63, 3.8) is 0 Å². The Kier molecular flexibility index (Phi) is 3.95. The third-order valence-electron chi connectivity index (χ3n) is 4.06. The first-order valence-electron chi connectivity index (χ1n) is 7.65. The Balaban J connectivity index is 1.52. The summed E-state index contributed by atoms with van der Waals surface area (Å²) in [5.41, 5.74) is 1.92. The maximum Gasteiger partial charge on any atom is 0.268 e. The van der Waals surface area contributed by atoms with Crippen LogP contribution in [0.2, 0.25) is 0 Å². The molecule has 4 rings (SSSR count). The van der Waals surface area contributed by atoms with Gasteiger partial charge in [-0.2, -0.15) is 0 Å². The number of nitrogens with one attached hydrogen (secondary N) is 1. The number of fused-ring (bicyclic) bond motifs is 1. The van der Waals surface area contributed by atoms with Crippen LogP contribution in [0.4, 0.5) is 0 Å². The molecule has 1 aliphatic rings. The van der Waals surface area contributed by atoms with Crippen LogP contribution in [0, 0.1) is 0 Å². The fourth-order valence-corrected chi connectivity index (χ4v) is 3.65. The summed E-state index contributed by atoms with van der Waals surface area (Å²) < 4.78 is 6.57. The molecule has 1 aliphatic heterocycles. The van der Waals surface area contributed by atoms with E-state index < -0.39 is 0 Å². The van der Waals surface area contributed by atoms with Crippen molar-refractivity contribution in [2.24, 2.45) is 0 Å². The van der Waals surface area contributed by atoms with Crippen LogP contribution in [0.5, 0.6) is 0 Å². The molecule has 118 valence electrons. The van der Waals surface area contributed by atoms with Crippen molar-refractivity contribution >= 4 is 21.6 Å². The number of ether oxygens (including phenoxy) is 1. The number of H-pyrrole nitrogens is 1. The van der Waals surface area contributed by atoms with E-state index in [-0.39, 0.29) is 11.7 Å². The van der Waals surface area contributed by atoms with E-state index in [1.807, 2.05) is 29.6 Å². The zero-order valence-corrected chi connectivity index (χ0v) is 13.4. The van der Waals surface area contributed by atoms with Gasteiger partial charge in [0.25, 0.3) is 5.56 Å². The van der Waals surface area contributed by atoms with Crippen molar-refractivity contribution in [1.82, 2.24) is 14.9 Å². The van der Waals surface area contributed by atoms with E-state index >= 15 is 0 Å². The Bertz CT molecular complexity index is 859. The van der Waals surface area contributed by atoms with Gasteiger partial charge in [-0.15, -0.1) is 11.3 Å². The van der Waals surface area contributed by atoms with Crippen molar-refractivity contribution < 1.29 is 4.74 Å². The molecule has 0 radical (unpaired) electrons. The van der Waals surface area contributed by atoms with Gasteiger partial charge in [0, 0.05) is 13.1 Å². The zero-order valence-electron chi connectivity index (χ0n) is 12.6. The van der Waals surface area contributed by atoms with Crippen LogP contribution < -0.4 is 5.56 Å². The van der Waals surface area contributed by atoms with E-state index in [1.54, 1.807) is 0 Å². The molecule has 1 atom stereocenters. The van der Waals surface area contributed by atoms with E-state index in [0.29, 0.717) is 17.9 Å². The van der Waals surface area contributed by atoms with Crippen molar-refractivity contribution in [3.8, 4) is 0 Å². The lowest BCUT2D eigenvalue weighted by Crippen LogP contribution is -2.38. The predicted molar refractivity (Wildman–Crippen MR) is 90.7 cm³/mol. The van der Waals surface area contributed by atoms with Gasteiger partial charge in [-0.25, -0.2) is 4.98 Å². The first-order valence-corrected chi connectivity index (χ1v) is 8.53. The number of rotatable bonds is 3. The Morgan fingerprint density at radius 3 is 3.04 bits per heavy atom. The normalized spacial score (nSPS) is 19.2. The number of nitrogens with zero attached hydrogens (tertiary/aromatic N) is 2. The molecule has 5 nitrogen and oxygen atoms in total. The van der Waals surface area contributed by atoms with Crippen LogP contribution in [0.15, 0.2) is 46.6 Å². The first-order chi connectivity index (χ1) is 11.3. The minimum atomic E-state index is -0.0483. The van der Waals surface area contributed by atoms with Crippen LogP contribution >= 0.6 is 11.3 Å². The summed E-state index contributed by atoms with van der Waals surface area (Å²) in [5, 5.41) is 1.90. The Morgan fingerprint density at radius 2 is 2.17 bits per heavy atom. The molecule has 6 heteroatoms. The Labute approximate surface area is 137 Å². The number of benzene rings is 1. The molecule has 0 saturated carbocycles. The molecule has 3 heterocycles. The Hall–Kier alpha value is -2.02. The molecule has 23 heavy (non-hydrogen) atoms. The summed E-state index contributed by atoms with van der Waals surface area (Å²) in [6, 6.07) is 12.1. The van der Waals surface area contributed by atoms with Gasteiger partial charge in [0.1, 0.15) is 10.5 Å². The van der Waals surface area contributed by atoms with E-state index in [9.17, 15) is 4.79 Å². The number of thiophene rings is 1. The van der Waals surface area contributed by atoms with Crippen LogP contribution in [0.1, 0.15) is 17.5 Å². The van der Waals surface area contributed by atoms with E-state index in [4.69, 9.17) is 4.74 Å². The molecule has 1 N–H and O–H groups in total. The summed E-state index contributed by atoms with van der Waals surface area (Å²) in [6.45, 7) is 2.96. The quantitative estimate of drug-likeness (QED) is 0.803. The molecule has 1 saturated heterocycles. The lowest BCUT2D eigenvalue weighted by molar-refractivity contribution is -0.0336. The van der Waals surface area contributed by atoms with Gasteiger partial charge in [-0.3, -0.25) is 9.69 Å². The zero-order chi connectivity index (χ0) is 15.6. The van der Waals surface area contributed by atoms with Gasteiger partial charge in [0.15, 0.2) is 0 Å². The third-order valence-corrected chi connectivity index (χ3v) is 4.96. The SMILES string of the molecule is O=c1[nH]c(CN2CCOC(c3ccccc3)C2)nc2ccsc12. The molecule has 0 aliphatic carbocycles.